The highest BCUT2D eigenvalue weighted by Gasteiger charge is 2.23. The van der Waals surface area contributed by atoms with Gasteiger partial charge >= 0.3 is 0 Å². The minimum absolute atomic E-state index is 0. The fourth-order valence-electron chi connectivity index (χ4n) is 2.90. The molecule has 0 aliphatic carbocycles. The molecule has 130 valence electrons. The van der Waals surface area contributed by atoms with Crippen LogP contribution >= 0.6 is 12.4 Å². The van der Waals surface area contributed by atoms with Crippen molar-refractivity contribution in [2.45, 2.75) is 25.3 Å². The second-order valence-electron chi connectivity index (χ2n) is 5.90. The molecule has 1 fully saturated rings. The maximum atomic E-state index is 13.8. The number of hydrogen-bond acceptors (Lipinski definition) is 3. The topological polar surface area (TPSA) is 45.5 Å². The minimum atomic E-state index is -0.307. The van der Waals surface area contributed by atoms with E-state index in [9.17, 15) is 9.18 Å². The molecule has 1 amide bonds. The number of nitrogens with one attached hydrogen (secondary N) is 1. The Hall–Kier alpha value is -1.85. The lowest BCUT2D eigenvalue weighted by atomic mass is 10.1. The van der Waals surface area contributed by atoms with Gasteiger partial charge in [-0.3, -0.25) is 4.79 Å². The fraction of sp³-hybridized carbons (Fsp3) is 0.389. The molecule has 2 aromatic rings. The van der Waals surface area contributed by atoms with Gasteiger partial charge in [-0.1, -0.05) is 12.1 Å². The highest BCUT2D eigenvalue weighted by molar-refractivity contribution is 5.85. The summed E-state index contributed by atoms with van der Waals surface area (Å²) in [4.78, 5) is 14.1. The number of likely N-dealkylation sites (N-methyl/N-ethyl adjacent to an activating group) is 1. The molecule has 1 aromatic heterocycles. The number of amides is 1. The average molecular weight is 353 g/mol. The Morgan fingerprint density at radius 1 is 1.33 bits per heavy atom. The molecule has 6 heteroatoms. The van der Waals surface area contributed by atoms with Crippen molar-refractivity contribution in [2.24, 2.45) is 0 Å². The Bertz CT molecular complexity index is 683. The monoisotopic (exact) mass is 352 g/mol. The molecule has 24 heavy (non-hydrogen) atoms. The van der Waals surface area contributed by atoms with Crippen LogP contribution in [-0.4, -0.2) is 37.0 Å². The van der Waals surface area contributed by atoms with E-state index in [-0.39, 0.29) is 30.2 Å². The molecule has 0 spiro atoms. The van der Waals surface area contributed by atoms with E-state index in [4.69, 9.17) is 4.42 Å². The standard InChI is InChI=1S/C18H21FN2O2.ClH/c1-21(13-10-11-20-12-13)18(22)9-7-14-6-8-17(23-14)15-4-2-3-5-16(15)19;/h2-6,8,13,20H,7,9-12H2,1H3;1H. The molecule has 1 atom stereocenters. The Kier molecular flexibility index (Phi) is 6.40. The van der Waals surface area contributed by atoms with E-state index < -0.39 is 0 Å². The maximum absolute atomic E-state index is 13.8. The van der Waals surface area contributed by atoms with Gasteiger partial charge in [-0.05, 0) is 37.2 Å². The number of carbonyl (C=O) groups excluding carboxylic acids is 1. The minimum Gasteiger partial charge on any atom is -0.461 e. The van der Waals surface area contributed by atoms with Crippen molar-refractivity contribution in [3.05, 3.63) is 48.0 Å². The number of nitrogens with zero attached hydrogens (tertiary/aromatic N) is 1. The van der Waals surface area contributed by atoms with Gasteiger partial charge in [-0.2, -0.15) is 0 Å². The summed E-state index contributed by atoms with van der Waals surface area (Å²) < 4.78 is 19.4. The molecule has 1 aromatic carbocycles. The number of hydrogen-bond donors (Lipinski definition) is 1. The van der Waals surface area contributed by atoms with Crippen molar-refractivity contribution >= 4 is 18.3 Å². The molecule has 1 unspecified atom stereocenters. The third-order valence-electron chi connectivity index (χ3n) is 4.36. The Morgan fingerprint density at radius 2 is 2.12 bits per heavy atom. The Labute approximate surface area is 147 Å². The quantitative estimate of drug-likeness (QED) is 0.898. The van der Waals surface area contributed by atoms with Gasteiger partial charge < -0.3 is 14.6 Å². The third-order valence-corrected chi connectivity index (χ3v) is 4.36. The summed E-state index contributed by atoms with van der Waals surface area (Å²) >= 11 is 0. The highest BCUT2D eigenvalue weighted by atomic mass is 35.5. The van der Waals surface area contributed by atoms with E-state index in [1.54, 1.807) is 24.3 Å². The molecular formula is C18H22ClFN2O2. The first-order valence-electron chi connectivity index (χ1n) is 7.95. The normalized spacial score (nSPS) is 16.7. The van der Waals surface area contributed by atoms with E-state index >= 15 is 0 Å². The maximum Gasteiger partial charge on any atom is 0.223 e. The first-order chi connectivity index (χ1) is 11.1. The zero-order chi connectivity index (χ0) is 16.2. The van der Waals surface area contributed by atoms with Crippen molar-refractivity contribution in [2.75, 3.05) is 20.1 Å². The van der Waals surface area contributed by atoms with Gasteiger partial charge in [0.05, 0.1) is 5.56 Å². The van der Waals surface area contributed by atoms with Gasteiger partial charge in [0.25, 0.3) is 0 Å². The first-order valence-corrected chi connectivity index (χ1v) is 7.95. The summed E-state index contributed by atoms with van der Waals surface area (Å²) in [5.74, 6) is 1.01. The van der Waals surface area contributed by atoms with E-state index in [2.05, 4.69) is 5.32 Å². The summed E-state index contributed by atoms with van der Waals surface area (Å²) in [5, 5.41) is 3.26. The molecule has 1 aliphatic heterocycles. The molecule has 2 heterocycles. The number of aryl methyl sites for hydroxylation is 1. The van der Waals surface area contributed by atoms with Crippen molar-refractivity contribution in [3.8, 4) is 11.3 Å². The van der Waals surface area contributed by atoms with Crippen LogP contribution in [-0.2, 0) is 11.2 Å². The number of furan rings is 1. The predicted molar refractivity (Wildman–Crippen MR) is 93.7 cm³/mol. The van der Waals surface area contributed by atoms with E-state index in [1.807, 2.05) is 18.0 Å². The number of benzene rings is 1. The fourth-order valence-corrected chi connectivity index (χ4v) is 2.90. The molecule has 1 saturated heterocycles. The summed E-state index contributed by atoms with van der Waals surface area (Å²) in [6.45, 7) is 1.83. The van der Waals surface area contributed by atoms with Crippen LogP contribution in [0.5, 0.6) is 0 Å². The smallest absolute Gasteiger partial charge is 0.223 e. The molecule has 0 saturated carbocycles. The number of rotatable bonds is 5. The largest absolute Gasteiger partial charge is 0.461 e. The summed E-state index contributed by atoms with van der Waals surface area (Å²) in [6, 6.07) is 10.4. The molecule has 1 N–H and O–H groups in total. The predicted octanol–water partition coefficient (Wildman–Crippen LogP) is 3.26. The third kappa shape index (κ3) is 4.16. The SMILES string of the molecule is CN(C(=O)CCc1ccc(-c2ccccc2F)o1)C1CCNC1.Cl. The lowest BCUT2D eigenvalue weighted by Crippen LogP contribution is -2.38. The number of carbonyl (C=O) groups is 1. The van der Waals surface area contributed by atoms with Crippen molar-refractivity contribution in [1.82, 2.24) is 10.2 Å². The summed E-state index contributed by atoms with van der Waals surface area (Å²) in [5.41, 5.74) is 0.444. The van der Waals surface area contributed by atoms with Crippen molar-refractivity contribution in [1.29, 1.82) is 0 Å². The second kappa shape index (κ2) is 8.31. The van der Waals surface area contributed by atoms with Gasteiger partial charge in [0.1, 0.15) is 17.3 Å². The van der Waals surface area contributed by atoms with Crippen LogP contribution in [0.3, 0.4) is 0 Å². The number of halogens is 2. The van der Waals surface area contributed by atoms with Crippen LogP contribution in [0.4, 0.5) is 4.39 Å². The van der Waals surface area contributed by atoms with Crippen molar-refractivity contribution in [3.63, 3.8) is 0 Å². The zero-order valence-corrected chi connectivity index (χ0v) is 14.4. The summed E-state index contributed by atoms with van der Waals surface area (Å²) in [7, 11) is 1.85. The molecule has 4 nitrogen and oxygen atoms in total. The van der Waals surface area contributed by atoms with Gasteiger partial charge in [-0.15, -0.1) is 12.4 Å². The van der Waals surface area contributed by atoms with Gasteiger partial charge in [0, 0.05) is 32.5 Å². The van der Waals surface area contributed by atoms with Crippen LogP contribution in [0.1, 0.15) is 18.6 Å². The van der Waals surface area contributed by atoms with Gasteiger partial charge in [0.2, 0.25) is 5.91 Å². The Morgan fingerprint density at radius 3 is 2.83 bits per heavy atom. The average Bonchev–Trinajstić information content (AvgIpc) is 3.24. The van der Waals surface area contributed by atoms with Crippen LogP contribution < -0.4 is 5.32 Å². The van der Waals surface area contributed by atoms with Crippen LogP contribution in [0.15, 0.2) is 40.8 Å². The summed E-state index contributed by atoms with van der Waals surface area (Å²) in [6.07, 6.45) is 1.93. The van der Waals surface area contributed by atoms with Crippen molar-refractivity contribution < 1.29 is 13.6 Å². The first kappa shape index (κ1) is 18.5. The van der Waals surface area contributed by atoms with E-state index in [0.717, 1.165) is 19.5 Å². The van der Waals surface area contributed by atoms with Crippen LogP contribution in [0.25, 0.3) is 11.3 Å². The molecule has 3 rings (SSSR count). The Balaban J connectivity index is 0.00000208. The van der Waals surface area contributed by atoms with Gasteiger partial charge in [0.15, 0.2) is 0 Å². The molecule has 0 bridgehead atoms. The second-order valence-corrected chi connectivity index (χ2v) is 5.90. The lowest BCUT2D eigenvalue weighted by molar-refractivity contribution is -0.131. The van der Waals surface area contributed by atoms with Crippen LogP contribution in [0, 0.1) is 5.82 Å². The van der Waals surface area contributed by atoms with Crippen LogP contribution in [0.2, 0.25) is 0 Å². The molecule has 1 aliphatic rings. The molecular weight excluding hydrogens is 331 g/mol. The highest BCUT2D eigenvalue weighted by Crippen LogP contribution is 2.25. The van der Waals surface area contributed by atoms with E-state index in [0.29, 0.717) is 29.9 Å². The van der Waals surface area contributed by atoms with E-state index in [1.165, 1.54) is 6.07 Å². The van der Waals surface area contributed by atoms with Gasteiger partial charge in [-0.25, -0.2) is 4.39 Å². The zero-order valence-electron chi connectivity index (χ0n) is 13.6. The lowest BCUT2D eigenvalue weighted by Gasteiger charge is -2.23. The molecule has 0 radical (unpaired) electrons.